The van der Waals surface area contributed by atoms with E-state index in [0.717, 1.165) is 6.26 Å². The lowest BCUT2D eigenvalue weighted by Crippen LogP contribution is -2.41. The zero-order chi connectivity index (χ0) is 16.9. The Morgan fingerprint density at radius 1 is 1.32 bits per heavy atom. The summed E-state index contributed by atoms with van der Waals surface area (Å²) in [6, 6.07) is 1.81. The lowest BCUT2D eigenvalue weighted by Gasteiger charge is -2.15. The molecule has 0 unspecified atom stereocenters. The first-order valence-electron chi connectivity index (χ1n) is 6.65. The van der Waals surface area contributed by atoms with E-state index in [0.29, 0.717) is 6.42 Å². The van der Waals surface area contributed by atoms with Crippen molar-refractivity contribution in [3.63, 3.8) is 0 Å². The van der Waals surface area contributed by atoms with Crippen LogP contribution in [0.15, 0.2) is 16.5 Å². The summed E-state index contributed by atoms with van der Waals surface area (Å²) >= 11 is 0. The van der Waals surface area contributed by atoms with Gasteiger partial charge in [0.1, 0.15) is 11.8 Å². The largest absolute Gasteiger partial charge is 0.480 e. The highest BCUT2D eigenvalue weighted by Crippen LogP contribution is 2.10. The molecule has 0 aliphatic carbocycles. The van der Waals surface area contributed by atoms with Crippen molar-refractivity contribution in [3.8, 4) is 0 Å². The molecule has 0 aliphatic rings. The average Bonchev–Trinajstić information content (AvgIpc) is 2.82. The number of furan rings is 1. The number of nitrogens with one attached hydrogen (secondary N) is 2. The number of carboxylic acids is 1. The van der Waals surface area contributed by atoms with E-state index in [9.17, 15) is 18.0 Å². The summed E-state index contributed by atoms with van der Waals surface area (Å²) in [6.45, 7) is 3.62. The standard InChI is InChI=1S/C13H20N2O6S/c1-8(2)6-10(13(17)18)15-12(16)11-5-4-9(21-11)7-14-22(3,19)20/h4-5,8,10,14H,6-7H2,1-3H3,(H,15,16)(H,17,18)/t10-/m0/s1. The minimum Gasteiger partial charge on any atom is -0.480 e. The highest BCUT2D eigenvalue weighted by atomic mass is 32.2. The number of carbonyl (C=O) groups is 2. The van der Waals surface area contributed by atoms with Crippen LogP contribution in [0.4, 0.5) is 0 Å². The van der Waals surface area contributed by atoms with E-state index >= 15 is 0 Å². The lowest BCUT2D eigenvalue weighted by molar-refractivity contribution is -0.139. The van der Waals surface area contributed by atoms with Crippen LogP contribution >= 0.6 is 0 Å². The van der Waals surface area contributed by atoms with Gasteiger partial charge >= 0.3 is 5.97 Å². The summed E-state index contributed by atoms with van der Waals surface area (Å²) in [5, 5.41) is 11.5. The Balaban J connectivity index is 2.69. The van der Waals surface area contributed by atoms with Crippen LogP contribution in [0.1, 0.15) is 36.6 Å². The fourth-order valence-electron chi connectivity index (χ4n) is 1.72. The van der Waals surface area contributed by atoms with Crippen LogP contribution in [-0.4, -0.2) is 37.7 Å². The minimum absolute atomic E-state index is 0.0692. The van der Waals surface area contributed by atoms with Crippen LogP contribution in [0.5, 0.6) is 0 Å². The Bertz CT molecular complexity index is 635. The van der Waals surface area contributed by atoms with Crippen molar-refractivity contribution in [2.45, 2.75) is 32.9 Å². The predicted molar refractivity (Wildman–Crippen MR) is 78.7 cm³/mol. The van der Waals surface area contributed by atoms with Gasteiger partial charge in [0.2, 0.25) is 10.0 Å². The quantitative estimate of drug-likeness (QED) is 0.638. The minimum atomic E-state index is -3.37. The summed E-state index contributed by atoms with van der Waals surface area (Å²) < 4.78 is 29.4. The smallest absolute Gasteiger partial charge is 0.326 e. The van der Waals surface area contributed by atoms with E-state index in [2.05, 4.69) is 10.0 Å². The van der Waals surface area contributed by atoms with Crippen LogP contribution in [0.25, 0.3) is 0 Å². The number of amides is 1. The summed E-state index contributed by atoms with van der Waals surface area (Å²) in [6.07, 6.45) is 1.30. The monoisotopic (exact) mass is 332 g/mol. The number of rotatable bonds is 8. The molecule has 8 nitrogen and oxygen atoms in total. The molecule has 0 saturated carbocycles. The molecule has 1 aromatic heterocycles. The predicted octanol–water partition coefficient (Wildman–Crippen LogP) is 0.558. The van der Waals surface area contributed by atoms with E-state index in [1.165, 1.54) is 12.1 Å². The summed E-state index contributed by atoms with van der Waals surface area (Å²) in [5.41, 5.74) is 0. The van der Waals surface area contributed by atoms with Gasteiger partial charge < -0.3 is 14.8 Å². The van der Waals surface area contributed by atoms with Crippen molar-refractivity contribution in [1.29, 1.82) is 0 Å². The number of hydrogen-bond acceptors (Lipinski definition) is 5. The first-order valence-corrected chi connectivity index (χ1v) is 8.54. The Morgan fingerprint density at radius 2 is 1.95 bits per heavy atom. The number of sulfonamides is 1. The second-order valence-corrected chi connectivity index (χ2v) is 7.19. The normalized spacial score (nSPS) is 13.1. The van der Waals surface area contributed by atoms with Crippen molar-refractivity contribution in [2.75, 3.05) is 6.26 Å². The van der Waals surface area contributed by atoms with Crippen molar-refractivity contribution in [3.05, 3.63) is 23.7 Å². The van der Waals surface area contributed by atoms with E-state index in [1.807, 2.05) is 13.8 Å². The van der Waals surface area contributed by atoms with E-state index in [4.69, 9.17) is 9.52 Å². The van der Waals surface area contributed by atoms with Gasteiger partial charge in [-0.25, -0.2) is 17.9 Å². The molecule has 3 N–H and O–H groups in total. The fourth-order valence-corrected chi connectivity index (χ4v) is 2.12. The molecular weight excluding hydrogens is 312 g/mol. The van der Waals surface area contributed by atoms with Gasteiger partial charge in [0.25, 0.3) is 5.91 Å². The van der Waals surface area contributed by atoms with Crippen LogP contribution in [0.2, 0.25) is 0 Å². The maximum absolute atomic E-state index is 11.9. The fraction of sp³-hybridized carbons (Fsp3) is 0.538. The van der Waals surface area contributed by atoms with E-state index in [1.54, 1.807) is 0 Å². The molecule has 0 radical (unpaired) electrons. The molecule has 22 heavy (non-hydrogen) atoms. The number of carbonyl (C=O) groups excluding carboxylic acids is 1. The number of aliphatic carboxylic acids is 1. The molecule has 124 valence electrons. The van der Waals surface area contributed by atoms with Gasteiger partial charge in [0, 0.05) is 0 Å². The molecule has 1 atom stereocenters. The molecule has 0 aromatic carbocycles. The Kier molecular flexibility index (Phi) is 6.12. The summed E-state index contributed by atoms with van der Waals surface area (Å²) in [7, 11) is -3.37. The maximum atomic E-state index is 11.9. The van der Waals surface area contributed by atoms with Crippen LogP contribution < -0.4 is 10.0 Å². The molecule has 0 fully saturated rings. The maximum Gasteiger partial charge on any atom is 0.326 e. The summed E-state index contributed by atoms with van der Waals surface area (Å²) in [5.74, 6) is -1.48. The highest BCUT2D eigenvalue weighted by Gasteiger charge is 2.23. The first-order chi connectivity index (χ1) is 10.1. The molecule has 9 heteroatoms. The molecule has 0 spiro atoms. The SMILES string of the molecule is CC(C)C[C@H](NC(=O)c1ccc(CNS(C)(=O)=O)o1)C(=O)O. The molecule has 1 heterocycles. The molecule has 1 amide bonds. The highest BCUT2D eigenvalue weighted by molar-refractivity contribution is 7.88. The molecule has 0 bridgehead atoms. The third kappa shape index (κ3) is 6.27. The first kappa shape index (κ1) is 18.2. The Morgan fingerprint density at radius 3 is 2.45 bits per heavy atom. The van der Waals surface area contributed by atoms with E-state index < -0.39 is 27.9 Å². The summed E-state index contributed by atoms with van der Waals surface area (Å²) in [4.78, 5) is 23.0. The molecule has 0 aliphatic heterocycles. The van der Waals surface area contributed by atoms with Crippen molar-refractivity contribution in [2.24, 2.45) is 5.92 Å². The van der Waals surface area contributed by atoms with Gasteiger partial charge in [-0.2, -0.15) is 0 Å². The Hall–Kier alpha value is -1.87. The lowest BCUT2D eigenvalue weighted by atomic mass is 10.0. The van der Waals surface area contributed by atoms with Crippen molar-refractivity contribution in [1.82, 2.24) is 10.0 Å². The molecular formula is C13H20N2O6S. The molecule has 1 aromatic rings. The third-order valence-corrected chi connectivity index (χ3v) is 3.37. The van der Waals surface area contributed by atoms with E-state index in [-0.39, 0.29) is 24.0 Å². The van der Waals surface area contributed by atoms with Crippen LogP contribution in [0, 0.1) is 5.92 Å². The van der Waals surface area contributed by atoms with Gasteiger partial charge in [-0.3, -0.25) is 4.79 Å². The zero-order valence-electron chi connectivity index (χ0n) is 12.6. The van der Waals surface area contributed by atoms with Crippen molar-refractivity contribution >= 4 is 21.9 Å². The average molecular weight is 332 g/mol. The van der Waals surface area contributed by atoms with Crippen molar-refractivity contribution < 1.29 is 27.5 Å². The van der Waals surface area contributed by atoms with Gasteiger partial charge in [-0.05, 0) is 24.5 Å². The number of carboxylic acid groups (broad SMARTS) is 1. The second kappa shape index (κ2) is 7.41. The Labute approximate surface area is 128 Å². The third-order valence-electron chi connectivity index (χ3n) is 2.70. The van der Waals surface area contributed by atoms with Gasteiger partial charge in [0.15, 0.2) is 5.76 Å². The topological polar surface area (TPSA) is 126 Å². The van der Waals surface area contributed by atoms with Gasteiger partial charge in [-0.1, -0.05) is 13.8 Å². The molecule has 0 saturated heterocycles. The van der Waals surface area contributed by atoms with Gasteiger partial charge in [-0.15, -0.1) is 0 Å². The van der Waals surface area contributed by atoms with Crippen LogP contribution in [-0.2, 0) is 21.4 Å². The van der Waals surface area contributed by atoms with Crippen LogP contribution in [0.3, 0.4) is 0 Å². The molecule has 1 rings (SSSR count). The second-order valence-electron chi connectivity index (χ2n) is 5.35. The zero-order valence-corrected chi connectivity index (χ0v) is 13.4. The number of hydrogen-bond donors (Lipinski definition) is 3. The van der Waals surface area contributed by atoms with Gasteiger partial charge in [0.05, 0.1) is 12.8 Å².